The van der Waals surface area contributed by atoms with E-state index >= 15 is 0 Å². The number of benzene rings is 1. The first-order chi connectivity index (χ1) is 17.1. The van der Waals surface area contributed by atoms with Crippen LogP contribution in [0.5, 0.6) is 0 Å². The van der Waals surface area contributed by atoms with Gasteiger partial charge >= 0.3 is 5.97 Å². The van der Waals surface area contributed by atoms with Gasteiger partial charge in [-0.2, -0.15) is 0 Å². The number of nitrogens with one attached hydrogen (secondary N) is 1. The predicted octanol–water partition coefficient (Wildman–Crippen LogP) is 5.99. The zero-order valence-corrected chi connectivity index (χ0v) is 22.1. The molecular formula is C29H34N2O4S. The molecule has 1 aliphatic carbocycles. The van der Waals surface area contributed by atoms with Crippen molar-refractivity contribution in [3.05, 3.63) is 80.6 Å². The van der Waals surface area contributed by atoms with Gasteiger partial charge < -0.3 is 15.0 Å². The summed E-state index contributed by atoms with van der Waals surface area (Å²) < 4.78 is 1.54. The Hall–Kier alpha value is -3.19. The maximum Gasteiger partial charge on any atom is 0.305 e. The summed E-state index contributed by atoms with van der Waals surface area (Å²) >= 11 is 1.54. The Kier molecular flexibility index (Phi) is 7.79. The fourth-order valence-electron chi connectivity index (χ4n) is 4.78. The normalized spacial score (nSPS) is 15.0. The highest BCUT2D eigenvalue weighted by Gasteiger charge is 2.29. The minimum Gasteiger partial charge on any atom is -0.481 e. The Balaban J connectivity index is 1.64. The van der Waals surface area contributed by atoms with Crippen molar-refractivity contribution in [1.29, 1.82) is 0 Å². The number of carbonyl (C=O) groups excluding carboxylic acids is 1. The van der Waals surface area contributed by atoms with Crippen LogP contribution in [0, 0.1) is 19.8 Å². The number of carbonyl (C=O) groups is 2. The molecule has 6 nitrogen and oxygen atoms in total. The van der Waals surface area contributed by atoms with Crippen molar-refractivity contribution >= 4 is 23.2 Å². The Morgan fingerprint density at radius 3 is 2.44 bits per heavy atom. The van der Waals surface area contributed by atoms with E-state index in [0.717, 1.165) is 45.5 Å². The maximum absolute atomic E-state index is 13.6. The Morgan fingerprint density at radius 1 is 1.14 bits per heavy atom. The number of aromatic nitrogens is 1. The molecule has 0 saturated heterocycles. The molecule has 3 aromatic rings. The van der Waals surface area contributed by atoms with Gasteiger partial charge in [0.1, 0.15) is 6.04 Å². The Morgan fingerprint density at radius 2 is 1.83 bits per heavy atom. The van der Waals surface area contributed by atoms with Gasteiger partial charge in [0.2, 0.25) is 5.91 Å². The average molecular weight is 507 g/mol. The van der Waals surface area contributed by atoms with Crippen LogP contribution in [0.15, 0.2) is 52.8 Å². The summed E-state index contributed by atoms with van der Waals surface area (Å²) in [6, 6.07) is 10.1. The lowest BCUT2D eigenvalue weighted by atomic mass is 9.98. The molecule has 190 valence electrons. The molecule has 2 atom stereocenters. The SMILES string of the molecule is Cc1cccc(C)c1-c1cc([C@H](CC(=O)O)NC(=O)[C@@H](CC(C)C)n2cc(C3CC3)ccc2=O)cs1. The number of thiophene rings is 1. The molecule has 0 aliphatic heterocycles. The first kappa shape index (κ1) is 25.9. The number of nitrogens with zero attached hydrogens (tertiary/aromatic N) is 1. The number of aryl methyl sites for hydroxylation is 2. The van der Waals surface area contributed by atoms with E-state index in [2.05, 4.69) is 31.3 Å². The second-order valence-corrected chi connectivity index (χ2v) is 11.2. The van der Waals surface area contributed by atoms with E-state index in [1.54, 1.807) is 17.4 Å². The summed E-state index contributed by atoms with van der Waals surface area (Å²) in [5, 5.41) is 14.5. The first-order valence-corrected chi connectivity index (χ1v) is 13.4. The predicted molar refractivity (Wildman–Crippen MR) is 144 cm³/mol. The second kappa shape index (κ2) is 10.8. The molecule has 1 aliphatic rings. The third kappa shape index (κ3) is 5.95. The van der Waals surface area contributed by atoms with Gasteiger partial charge in [0.15, 0.2) is 0 Å². The molecule has 1 fully saturated rings. The quantitative estimate of drug-likeness (QED) is 0.353. The first-order valence-electron chi connectivity index (χ1n) is 12.5. The molecule has 1 amide bonds. The van der Waals surface area contributed by atoms with Crippen LogP contribution in [-0.2, 0) is 9.59 Å². The molecule has 0 unspecified atom stereocenters. The van der Waals surface area contributed by atoms with Gasteiger partial charge in [0.25, 0.3) is 5.56 Å². The summed E-state index contributed by atoms with van der Waals surface area (Å²) in [5.41, 5.74) is 5.05. The standard InChI is InChI=1S/C29H34N2O4S/c1-17(2)12-24(31-15-21(20-8-9-20)10-11-26(31)32)29(35)30-23(14-27(33)34)22-13-25(36-16-22)28-18(3)6-5-7-19(28)4/h5-7,10-11,13,15-17,20,23-24H,8-9,12,14H2,1-4H3,(H,30,35)(H,33,34)/t23-,24+/m0/s1. The Labute approximate surface area is 216 Å². The van der Waals surface area contributed by atoms with E-state index < -0.39 is 18.1 Å². The highest BCUT2D eigenvalue weighted by molar-refractivity contribution is 7.13. The molecule has 2 heterocycles. The van der Waals surface area contributed by atoms with Gasteiger partial charge in [-0.1, -0.05) is 38.1 Å². The number of amides is 1. The molecule has 4 rings (SSSR count). The van der Waals surface area contributed by atoms with E-state index in [1.165, 1.54) is 4.57 Å². The summed E-state index contributed by atoms with van der Waals surface area (Å²) in [5.74, 6) is -0.696. The van der Waals surface area contributed by atoms with Crippen LogP contribution >= 0.6 is 11.3 Å². The van der Waals surface area contributed by atoms with Gasteiger partial charge in [0.05, 0.1) is 12.5 Å². The summed E-state index contributed by atoms with van der Waals surface area (Å²) in [6.45, 7) is 8.14. The van der Waals surface area contributed by atoms with E-state index in [0.29, 0.717) is 12.3 Å². The summed E-state index contributed by atoms with van der Waals surface area (Å²) in [4.78, 5) is 39.2. The summed E-state index contributed by atoms with van der Waals surface area (Å²) in [6.07, 6.45) is 4.26. The van der Waals surface area contributed by atoms with Crippen LogP contribution in [0.4, 0.5) is 0 Å². The molecule has 2 aromatic heterocycles. The highest BCUT2D eigenvalue weighted by Crippen LogP contribution is 2.40. The van der Waals surface area contributed by atoms with Crippen LogP contribution in [0.1, 0.15) is 79.8 Å². The number of hydrogen-bond acceptors (Lipinski definition) is 4. The largest absolute Gasteiger partial charge is 0.481 e. The second-order valence-electron chi connectivity index (χ2n) is 10.3. The number of carboxylic acids is 1. The van der Waals surface area contributed by atoms with Crippen molar-refractivity contribution in [2.45, 2.75) is 71.4 Å². The van der Waals surface area contributed by atoms with Crippen LogP contribution in [-0.4, -0.2) is 21.6 Å². The van der Waals surface area contributed by atoms with Crippen molar-refractivity contribution in [2.75, 3.05) is 0 Å². The minimum absolute atomic E-state index is 0.173. The maximum atomic E-state index is 13.6. The van der Waals surface area contributed by atoms with Gasteiger partial charge in [0, 0.05) is 17.1 Å². The van der Waals surface area contributed by atoms with E-state index in [-0.39, 0.29) is 23.8 Å². The molecule has 36 heavy (non-hydrogen) atoms. The number of pyridine rings is 1. The van der Waals surface area contributed by atoms with E-state index in [1.807, 2.05) is 43.6 Å². The molecule has 1 saturated carbocycles. The van der Waals surface area contributed by atoms with Gasteiger partial charge in [-0.25, -0.2) is 0 Å². The molecule has 7 heteroatoms. The van der Waals surface area contributed by atoms with Crippen LogP contribution in [0.2, 0.25) is 0 Å². The van der Waals surface area contributed by atoms with E-state index in [4.69, 9.17) is 0 Å². The van der Waals surface area contributed by atoms with Crippen LogP contribution in [0.25, 0.3) is 10.4 Å². The van der Waals surface area contributed by atoms with Crippen molar-refractivity contribution < 1.29 is 14.7 Å². The highest BCUT2D eigenvalue weighted by atomic mass is 32.1. The van der Waals surface area contributed by atoms with Gasteiger partial charge in [-0.05, 0) is 84.2 Å². The van der Waals surface area contributed by atoms with Crippen molar-refractivity contribution in [3.63, 3.8) is 0 Å². The number of aliphatic carboxylic acids is 1. The third-order valence-corrected chi connectivity index (χ3v) is 7.75. The Bertz CT molecular complexity index is 1300. The molecular weight excluding hydrogens is 472 g/mol. The molecule has 0 bridgehead atoms. The summed E-state index contributed by atoms with van der Waals surface area (Å²) in [7, 11) is 0. The number of carboxylic acid groups (broad SMARTS) is 1. The van der Waals surface area contributed by atoms with Crippen LogP contribution < -0.4 is 10.9 Å². The van der Waals surface area contributed by atoms with Crippen molar-refractivity contribution in [2.24, 2.45) is 5.92 Å². The monoisotopic (exact) mass is 506 g/mol. The fourth-order valence-corrected chi connectivity index (χ4v) is 5.92. The molecule has 0 spiro atoms. The minimum atomic E-state index is -0.992. The third-order valence-electron chi connectivity index (χ3n) is 6.79. The molecule has 1 aromatic carbocycles. The number of rotatable bonds is 10. The zero-order chi connectivity index (χ0) is 26.0. The zero-order valence-electron chi connectivity index (χ0n) is 21.3. The van der Waals surface area contributed by atoms with Crippen LogP contribution in [0.3, 0.4) is 0 Å². The van der Waals surface area contributed by atoms with Gasteiger partial charge in [-0.15, -0.1) is 11.3 Å². The fraction of sp³-hybridized carbons (Fsp3) is 0.414. The smallest absolute Gasteiger partial charge is 0.305 e. The number of hydrogen-bond donors (Lipinski definition) is 2. The van der Waals surface area contributed by atoms with Crippen molar-refractivity contribution in [3.8, 4) is 10.4 Å². The van der Waals surface area contributed by atoms with E-state index in [9.17, 15) is 19.5 Å². The molecule has 0 radical (unpaired) electrons. The molecule has 2 N–H and O–H groups in total. The lowest BCUT2D eigenvalue weighted by Crippen LogP contribution is -2.40. The lowest BCUT2D eigenvalue weighted by molar-refractivity contribution is -0.138. The van der Waals surface area contributed by atoms with Crippen molar-refractivity contribution in [1.82, 2.24) is 9.88 Å². The lowest BCUT2D eigenvalue weighted by Gasteiger charge is -2.25. The topological polar surface area (TPSA) is 88.4 Å². The average Bonchev–Trinajstić information content (AvgIpc) is 3.54. The van der Waals surface area contributed by atoms with Gasteiger partial charge in [-0.3, -0.25) is 14.4 Å².